The van der Waals surface area contributed by atoms with Gasteiger partial charge in [0, 0.05) is 17.4 Å². The van der Waals surface area contributed by atoms with Crippen LogP contribution in [0.25, 0.3) is 0 Å². The Kier molecular flexibility index (Phi) is 5.70. The second-order valence-electron chi connectivity index (χ2n) is 4.92. The summed E-state index contributed by atoms with van der Waals surface area (Å²) in [6.07, 6.45) is 1.68. The Morgan fingerprint density at radius 2 is 2.19 bits per heavy atom. The maximum absolute atomic E-state index is 5.50. The van der Waals surface area contributed by atoms with E-state index in [1.54, 1.807) is 25.1 Å². The molecule has 0 bridgehead atoms. The van der Waals surface area contributed by atoms with Crippen molar-refractivity contribution in [3.63, 3.8) is 0 Å². The number of nitrogens with zero attached hydrogens (tertiary/aromatic N) is 1. The number of thioether (sulfide) groups is 1. The highest BCUT2D eigenvalue weighted by Gasteiger charge is 2.17. The molecule has 1 aromatic carbocycles. The summed E-state index contributed by atoms with van der Waals surface area (Å²) in [6.45, 7) is 7.03. The molecule has 0 saturated heterocycles. The lowest BCUT2D eigenvalue weighted by molar-refractivity contribution is 0.402. The van der Waals surface area contributed by atoms with E-state index < -0.39 is 0 Å². The molecule has 0 radical (unpaired) electrons. The zero-order chi connectivity index (χ0) is 15.2. The molecule has 2 rings (SSSR count). The highest BCUT2D eigenvalue weighted by molar-refractivity contribution is 7.99. The lowest BCUT2D eigenvalue weighted by Crippen LogP contribution is -2.23. The molecule has 114 valence electrons. The summed E-state index contributed by atoms with van der Waals surface area (Å²) < 4.78 is 10.9. The zero-order valence-electron chi connectivity index (χ0n) is 13.0. The SMILES string of the molecule is CCNC(CSc1nc(C)co1)c1cc(C)ccc1OC. The van der Waals surface area contributed by atoms with Gasteiger partial charge in [0.1, 0.15) is 12.0 Å². The number of hydrogen-bond acceptors (Lipinski definition) is 5. The molecule has 0 aliphatic carbocycles. The summed E-state index contributed by atoms with van der Waals surface area (Å²) in [4.78, 5) is 4.33. The molecule has 4 nitrogen and oxygen atoms in total. The van der Waals surface area contributed by atoms with Crippen molar-refractivity contribution in [2.45, 2.75) is 32.0 Å². The van der Waals surface area contributed by atoms with Gasteiger partial charge in [0.2, 0.25) is 0 Å². The maximum Gasteiger partial charge on any atom is 0.255 e. The van der Waals surface area contributed by atoms with Crippen LogP contribution in [0.3, 0.4) is 0 Å². The van der Waals surface area contributed by atoms with Gasteiger partial charge in [0.15, 0.2) is 0 Å². The van der Waals surface area contributed by atoms with E-state index in [0.717, 1.165) is 23.7 Å². The number of methoxy groups -OCH3 is 1. The molecule has 5 heteroatoms. The van der Waals surface area contributed by atoms with Crippen LogP contribution in [0.1, 0.15) is 29.8 Å². The first-order valence-corrected chi connectivity index (χ1v) is 8.05. The van der Waals surface area contributed by atoms with Crippen LogP contribution in [0.15, 0.2) is 34.1 Å². The molecule has 0 aliphatic rings. The lowest BCUT2D eigenvalue weighted by atomic mass is 10.0. The molecule has 0 amide bonds. The van der Waals surface area contributed by atoms with Gasteiger partial charge in [-0.05, 0) is 26.5 Å². The fourth-order valence-electron chi connectivity index (χ4n) is 2.18. The predicted octanol–water partition coefficient (Wildman–Crippen LogP) is 3.74. The number of aromatic nitrogens is 1. The molecule has 21 heavy (non-hydrogen) atoms. The number of hydrogen-bond donors (Lipinski definition) is 1. The number of benzene rings is 1. The first-order chi connectivity index (χ1) is 10.1. The molecule has 0 saturated carbocycles. The van der Waals surface area contributed by atoms with E-state index >= 15 is 0 Å². The standard InChI is InChI=1S/C16H22N2O2S/c1-5-17-14(10-21-16-18-12(3)9-20-16)13-8-11(2)6-7-15(13)19-4/h6-9,14,17H,5,10H2,1-4H3. The Labute approximate surface area is 130 Å². The Bertz CT molecular complexity index is 583. The van der Waals surface area contributed by atoms with Gasteiger partial charge in [-0.3, -0.25) is 0 Å². The van der Waals surface area contributed by atoms with Gasteiger partial charge in [-0.15, -0.1) is 0 Å². The molecule has 0 aliphatic heterocycles. The normalized spacial score (nSPS) is 12.4. The monoisotopic (exact) mass is 306 g/mol. The highest BCUT2D eigenvalue weighted by Crippen LogP contribution is 2.30. The average molecular weight is 306 g/mol. The van der Waals surface area contributed by atoms with Crippen LogP contribution in [0.2, 0.25) is 0 Å². The third kappa shape index (κ3) is 4.25. The van der Waals surface area contributed by atoms with Gasteiger partial charge >= 0.3 is 0 Å². The minimum absolute atomic E-state index is 0.196. The van der Waals surface area contributed by atoms with Crippen molar-refractivity contribution in [3.05, 3.63) is 41.3 Å². The molecule has 0 fully saturated rings. The third-order valence-corrected chi connectivity index (χ3v) is 4.12. The van der Waals surface area contributed by atoms with Crippen LogP contribution in [0, 0.1) is 13.8 Å². The van der Waals surface area contributed by atoms with Crippen molar-refractivity contribution in [2.24, 2.45) is 0 Å². The quantitative estimate of drug-likeness (QED) is 0.790. The van der Waals surface area contributed by atoms with Gasteiger partial charge in [0.25, 0.3) is 5.22 Å². The molecule has 1 atom stereocenters. The highest BCUT2D eigenvalue weighted by atomic mass is 32.2. The van der Waals surface area contributed by atoms with E-state index in [2.05, 4.69) is 36.3 Å². The van der Waals surface area contributed by atoms with Crippen LogP contribution in [0.5, 0.6) is 5.75 Å². The van der Waals surface area contributed by atoms with Crippen molar-refractivity contribution in [1.82, 2.24) is 10.3 Å². The summed E-state index contributed by atoms with van der Waals surface area (Å²) in [5.74, 6) is 1.75. The molecule has 1 unspecified atom stereocenters. The van der Waals surface area contributed by atoms with Crippen LogP contribution >= 0.6 is 11.8 Å². The fraction of sp³-hybridized carbons (Fsp3) is 0.438. The van der Waals surface area contributed by atoms with Gasteiger partial charge < -0.3 is 14.5 Å². The first-order valence-electron chi connectivity index (χ1n) is 7.07. The van der Waals surface area contributed by atoms with Crippen molar-refractivity contribution in [1.29, 1.82) is 0 Å². The number of nitrogens with one attached hydrogen (secondary N) is 1. The fourth-order valence-corrected chi connectivity index (χ4v) is 3.12. The van der Waals surface area contributed by atoms with E-state index in [4.69, 9.17) is 9.15 Å². The summed E-state index contributed by atoms with van der Waals surface area (Å²) in [7, 11) is 1.71. The number of rotatable bonds is 7. The minimum Gasteiger partial charge on any atom is -0.496 e. The topological polar surface area (TPSA) is 47.3 Å². The van der Waals surface area contributed by atoms with Crippen molar-refractivity contribution >= 4 is 11.8 Å². The van der Waals surface area contributed by atoms with E-state index in [0.29, 0.717) is 5.22 Å². The van der Waals surface area contributed by atoms with Crippen LogP contribution in [-0.2, 0) is 0 Å². The second-order valence-corrected chi connectivity index (χ2v) is 5.89. The predicted molar refractivity (Wildman–Crippen MR) is 86.1 cm³/mol. The van der Waals surface area contributed by atoms with Crippen molar-refractivity contribution in [2.75, 3.05) is 19.4 Å². The summed E-state index contributed by atoms with van der Waals surface area (Å²) >= 11 is 1.61. The zero-order valence-corrected chi connectivity index (χ0v) is 13.8. The Morgan fingerprint density at radius 3 is 2.81 bits per heavy atom. The molecule has 1 N–H and O–H groups in total. The number of oxazole rings is 1. The largest absolute Gasteiger partial charge is 0.496 e. The molecule has 1 heterocycles. The molecule has 2 aromatic rings. The first kappa shape index (κ1) is 15.9. The van der Waals surface area contributed by atoms with Crippen LogP contribution in [0.4, 0.5) is 0 Å². The summed E-state index contributed by atoms with van der Waals surface area (Å²) in [5.41, 5.74) is 3.31. The van der Waals surface area contributed by atoms with Gasteiger partial charge in [0.05, 0.1) is 12.8 Å². The second kappa shape index (κ2) is 7.52. The molecular formula is C16H22N2O2S. The maximum atomic E-state index is 5.50. The lowest BCUT2D eigenvalue weighted by Gasteiger charge is -2.20. The van der Waals surface area contributed by atoms with E-state index in [9.17, 15) is 0 Å². The van der Waals surface area contributed by atoms with E-state index in [1.165, 1.54) is 11.1 Å². The Balaban J connectivity index is 2.16. The Morgan fingerprint density at radius 1 is 1.38 bits per heavy atom. The summed E-state index contributed by atoms with van der Waals surface area (Å²) in [6, 6.07) is 6.46. The number of aryl methyl sites for hydroxylation is 2. The van der Waals surface area contributed by atoms with Crippen molar-refractivity contribution in [3.8, 4) is 5.75 Å². The van der Waals surface area contributed by atoms with E-state index in [-0.39, 0.29) is 6.04 Å². The number of ether oxygens (including phenoxy) is 1. The molecule has 1 aromatic heterocycles. The molecule has 0 spiro atoms. The third-order valence-electron chi connectivity index (χ3n) is 3.18. The molecular weight excluding hydrogens is 284 g/mol. The Hall–Kier alpha value is -1.46. The van der Waals surface area contributed by atoms with Gasteiger partial charge in [-0.1, -0.05) is 36.4 Å². The van der Waals surface area contributed by atoms with Crippen molar-refractivity contribution < 1.29 is 9.15 Å². The summed E-state index contributed by atoms with van der Waals surface area (Å²) in [5, 5.41) is 4.22. The smallest absolute Gasteiger partial charge is 0.255 e. The minimum atomic E-state index is 0.196. The van der Waals surface area contributed by atoms with Crippen LogP contribution in [-0.4, -0.2) is 24.4 Å². The average Bonchev–Trinajstić information content (AvgIpc) is 2.89. The van der Waals surface area contributed by atoms with Gasteiger partial charge in [-0.2, -0.15) is 0 Å². The van der Waals surface area contributed by atoms with Gasteiger partial charge in [-0.25, -0.2) is 4.98 Å². The van der Waals surface area contributed by atoms with E-state index in [1.807, 2.05) is 13.0 Å². The van der Waals surface area contributed by atoms with Crippen LogP contribution < -0.4 is 10.1 Å².